The maximum Gasteiger partial charge on any atom is 0.417 e. The predicted octanol–water partition coefficient (Wildman–Crippen LogP) is 5.61. The molecule has 0 atom stereocenters. The molecular weight excluding hydrogens is 379 g/mol. The van der Waals surface area contributed by atoms with E-state index < -0.39 is 11.7 Å². The number of rotatable bonds is 4. The number of nitrogen functional groups attached to an aromatic ring is 1. The summed E-state index contributed by atoms with van der Waals surface area (Å²) >= 11 is 5.65. The molecule has 1 saturated carbocycles. The molecule has 0 spiro atoms. The minimum atomic E-state index is -4.54. The number of halogens is 4. The first-order valence-electron chi connectivity index (χ1n) is 8.85. The predicted molar refractivity (Wildman–Crippen MR) is 101 cm³/mol. The molecule has 1 aromatic carbocycles. The molecule has 1 aliphatic carbocycles. The molecule has 1 heterocycles. The Hall–Kier alpha value is -2.22. The van der Waals surface area contributed by atoms with Crippen LogP contribution in [0.25, 0.3) is 0 Å². The number of anilines is 4. The molecule has 1 fully saturated rings. The van der Waals surface area contributed by atoms with Crippen LogP contribution in [0.4, 0.5) is 36.2 Å². The standard InChI is InChI=1S/C18H21ClF3N5/c19-14-8-7-12(9-13(14)18(20,21)22)27-17-15(23)16(24-10-25-17)26-11-5-3-1-2-4-6-11/h7-11H,1-6,23H2,(H2,24,25,26,27). The zero-order valence-corrected chi connectivity index (χ0v) is 15.4. The van der Waals surface area contributed by atoms with Gasteiger partial charge in [-0.05, 0) is 31.0 Å². The lowest BCUT2D eigenvalue weighted by atomic mass is 10.1. The van der Waals surface area contributed by atoms with Crippen molar-refractivity contribution in [3.8, 4) is 0 Å². The van der Waals surface area contributed by atoms with Crippen LogP contribution in [0.5, 0.6) is 0 Å². The quantitative estimate of drug-likeness (QED) is 0.582. The van der Waals surface area contributed by atoms with Crippen LogP contribution in [0.15, 0.2) is 24.5 Å². The maximum atomic E-state index is 13.0. The lowest BCUT2D eigenvalue weighted by Crippen LogP contribution is -2.20. The summed E-state index contributed by atoms with van der Waals surface area (Å²) in [6.45, 7) is 0. The third kappa shape index (κ3) is 4.94. The molecule has 0 unspecified atom stereocenters. The van der Waals surface area contributed by atoms with Crippen molar-refractivity contribution in [1.29, 1.82) is 0 Å². The van der Waals surface area contributed by atoms with Crippen LogP contribution in [0, 0.1) is 0 Å². The van der Waals surface area contributed by atoms with Gasteiger partial charge in [-0.25, -0.2) is 9.97 Å². The van der Waals surface area contributed by atoms with E-state index in [-0.39, 0.29) is 28.3 Å². The van der Waals surface area contributed by atoms with Gasteiger partial charge >= 0.3 is 6.18 Å². The van der Waals surface area contributed by atoms with Crippen LogP contribution in [-0.2, 0) is 6.18 Å². The fourth-order valence-corrected chi connectivity index (χ4v) is 3.41. The largest absolute Gasteiger partial charge is 0.417 e. The smallest absolute Gasteiger partial charge is 0.393 e. The molecule has 27 heavy (non-hydrogen) atoms. The van der Waals surface area contributed by atoms with Crippen molar-refractivity contribution in [1.82, 2.24) is 9.97 Å². The average molecular weight is 400 g/mol. The fraction of sp³-hybridized carbons (Fsp3) is 0.444. The molecule has 1 aromatic heterocycles. The Morgan fingerprint density at radius 2 is 1.70 bits per heavy atom. The molecule has 4 N–H and O–H groups in total. The summed E-state index contributed by atoms with van der Waals surface area (Å²) in [6, 6.07) is 3.85. The fourth-order valence-electron chi connectivity index (χ4n) is 3.18. The van der Waals surface area contributed by atoms with Gasteiger partial charge in [0.1, 0.15) is 12.0 Å². The van der Waals surface area contributed by atoms with Crippen molar-refractivity contribution < 1.29 is 13.2 Å². The number of nitrogens with one attached hydrogen (secondary N) is 2. The zero-order chi connectivity index (χ0) is 19.4. The third-order valence-corrected chi connectivity index (χ3v) is 4.94. The van der Waals surface area contributed by atoms with Crippen LogP contribution in [-0.4, -0.2) is 16.0 Å². The first kappa shape index (κ1) is 19.5. The molecule has 0 aliphatic heterocycles. The second kappa shape index (κ2) is 8.21. The molecule has 0 bridgehead atoms. The average Bonchev–Trinajstić information content (AvgIpc) is 2.88. The topological polar surface area (TPSA) is 75.9 Å². The van der Waals surface area contributed by atoms with Crippen LogP contribution in [0.1, 0.15) is 44.1 Å². The van der Waals surface area contributed by atoms with Gasteiger partial charge in [0.05, 0.1) is 10.6 Å². The molecule has 146 valence electrons. The number of hydrogen-bond donors (Lipinski definition) is 3. The van der Waals surface area contributed by atoms with Crippen LogP contribution in [0.3, 0.4) is 0 Å². The van der Waals surface area contributed by atoms with Gasteiger partial charge in [0.2, 0.25) is 0 Å². The van der Waals surface area contributed by atoms with Crippen molar-refractivity contribution in [3.63, 3.8) is 0 Å². The highest BCUT2D eigenvalue weighted by Crippen LogP contribution is 2.37. The van der Waals surface area contributed by atoms with Gasteiger partial charge in [0.15, 0.2) is 11.6 Å². The maximum absolute atomic E-state index is 13.0. The highest BCUT2D eigenvalue weighted by Gasteiger charge is 2.33. The Balaban J connectivity index is 1.80. The Morgan fingerprint density at radius 3 is 2.37 bits per heavy atom. The van der Waals surface area contributed by atoms with Crippen LogP contribution < -0.4 is 16.4 Å². The zero-order valence-electron chi connectivity index (χ0n) is 14.6. The van der Waals surface area contributed by atoms with Crippen LogP contribution >= 0.6 is 11.6 Å². The Kier molecular flexibility index (Phi) is 5.94. The minimum absolute atomic E-state index is 0.192. The number of aromatic nitrogens is 2. The summed E-state index contributed by atoms with van der Waals surface area (Å²) in [5.41, 5.74) is 5.69. The summed E-state index contributed by atoms with van der Waals surface area (Å²) < 4.78 is 39.1. The Bertz CT molecular complexity index is 789. The lowest BCUT2D eigenvalue weighted by molar-refractivity contribution is -0.137. The summed E-state index contributed by atoms with van der Waals surface area (Å²) in [5, 5.41) is 5.81. The highest BCUT2D eigenvalue weighted by atomic mass is 35.5. The van der Waals surface area contributed by atoms with E-state index in [4.69, 9.17) is 17.3 Å². The monoisotopic (exact) mass is 399 g/mol. The summed E-state index contributed by atoms with van der Waals surface area (Å²) in [7, 11) is 0. The number of nitrogens with two attached hydrogens (primary N) is 1. The van der Waals surface area contributed by atoms with E-state index in [1.165, 1.54) is 31.3 Å². The number of hydrogen-bond acceptors (Lipinski definition) is 5. The molecule has 5 nitrogen and oxygen atoms in total. The number of alkyl halides is 3. The second-order valence-electron chi connectivity index (χ2n) is 6.63. The van der Waals surface area contributed by atoms with Crippen molar-refractivity contribution in [2.45, 2.75) is 50.7 Å². The van der Waals surface area contributed by atoms with Crippen LogP contribution in [0.2, 0.25) is 5.02 Å². The van der Waals surface area contributed by atoms with Gasteiger partial charge < -0.3 is 16.4 Å². The van der Waals surface area contributed by atoms with Crippen molar-refractivity contribution in [2.75, 3.05) is 16.4 Å². The first-order valence-corrected chi connectivity index (χ1v) is 9.23. The molecule has 1 aliphatic rings. The first-order chi connectivity index (χ1) is 12.8. The summed E-state index contributed by atoms with van der Waals surface area (Å²) in [5.74, 6) is 0.737. The van der Waals surface area contributed by atoms with Gasteiger partial charge in [0.25, 0.3) is 0 Å². The van der Waals surface area contributed by atoms with Crippen molar-refractivity contribution in [3.05, 3.63) is 35.1 Å². The van der Waals surface area contributed by atoms with E-state index in [1.807, 2.05) is 0 Å². The Morgan fingerprint density at radius 1 is 1.04 bits per heavy atom. The summed E-state index contributed by atoms with van der Waals surface area (Å²) in [6.07, 6.45) is 3.62. The molecule has 9 heteroatoms. The third-order valence-electron chi connectivity index (χ3n) is 4.61. The lowest BCUT2D eigenvalue weighted by Gasteiger charge is -2.19. The SMILES string of the molecule is Nc1c(Nc2ccc(Cl)c(C(F)(F)F)c2)ncnc1NC1CCCCCC1. The number of benzene rings is 1. The van der Waals surface area contributed by atoms with Crippen molar-refractivity contribution in [2.24, 2.45) is 0 Å². The molecule has 2 aromatic rings. The normalized spacial score (nSPS) is 16.0. The van der Waals surface area contributed by atoms with Gasteiger partial charge in [-0.15, -0.1) is 0 Å². The van der Waals surface area contributed by atoms with Gasteiger partial charge in [-0.2, -0.15) is 13.2 Å². The van der Waals surface area contributed by atoms with E-state index in [0.29, 0.717) is 5.82 Å². The van der Waals surface area contributed by atoms with E-state index in [2.05, 4.69) is 20.6 Å². The van der Waals surface area contributed by atoms with E-state index in [9.17, 15) is 13.2 Å². The second-order valence-corrected chi connectivity index (χ2v) is 7.04. The van der Waals surface area contributed by atoms with Gasteiger partial charge in [0, 0.05) is 11.7 Å². The van der Waals surface area contributed by atoms with Gasteiger partial charge in [-0.1, -0.05) is 37.3 Å². The summed E-state index contributed by atoms with van der Waals surface area (Å²) in [4.78, 5) is 8.25. The molecule has 0 amide bonds. The van der Waals surface area contributed by atoms with Gasteiger partial charge in [-0.3, -0.25) is 0 Å². The van der Waals surface area contributed by atoms with E-state index in [0.717, 1.165) is 31.7 Å². The van der Waals surface area contributed by atoms with E-state index in [1.54, 1.807) is 0 Å². The highest BCUT2D eigenvalue weighted by molar-refractivity contribution is 6.31. The molecule has 0 saturated heterocycles. The van der Waals surface area contributed by atoms with E-state index >= 15 is 0 Å². The molecule has 3 rings (SSSR count). The number of nitrogens with zero attached hydrogens (tertiary/aromatic N) is 2. The minimum Gasteiger partial charge on any atom is -0.393 e. The Labute approximate surface area is 160 Å². The molecular formula is C18H21ClF3N5. The molecule has 0 radical (unpaired) electrons. The van der Waals surface area contributed by atoms with Crippen molar-refractivity contribution >= 4 is 34.6 Å².